The Labute approximate surface area is 160 Å². The van der Waals surface area contributed by atoms with Gasteiger partial charge >= 0.3 is 0 Å². The molecule has 0 amide bonds. The molecule has 0 bridgehead atoms. The molecule has 1 aromatic carbocycles. The summed E-state index contributed by atoms with van der Waals surface area (Å²) in [6.45, 7) is 2.93. The highest BCUT2D eigenvalue weighted by Gasteiger charge is 2.12. The normalized spacial score (nSPS) is 15.7. The summed E-state index contributed by atoms with van der Waals surface area (Å²) in [4.78, 5) is 4.72. The molecule has 0 aliphatic carbocycles. The van der Waals surface area contributed by atoms with Crippen LogP contribution in [0.2, 0.25) is 0 Å². The van der Waals surface area contributed by atoms with E-state index in [1.807, 2.05) is 17.1 Å². The number of nitrogens with zero attached hydrogens (tertiary/aromatic N) is 4. The standard InChI is InChI=1S/C18H17N5OS.ClH/c19-18(21-22-6-8-24-9-7-22)12-1-2-13-15(11-12)23-14-5-10-25-16(14)3-4-17(23)20-13;/h1-5,10-11H,6-9H2,(H2,19,21);1H. The molecular weight excluding hydrogens is 370 g/mol. The largest absolute Gasteiger partial charge is 0.382 e. The van der Waals surface area contributed by atoms with E-state index in [0.717, 1.165) is 35.3 Å². The van der Waals surface area contributed by atoms with Crippen molar-refractivity contribution < 1.29 is 4.74 Å². The number of morpholine rings is 1. The molecule has 1 fully saturated rings. The molecule has 1 aliphatic rings. The van der Waals surface area contributed by atoms with Crippen LogP contribution in [0.25, 0.3) is 26.9 Å². The van der Waals surface area contributed by atoms with Gasteiger partial charge in [-0.2, -0.15) is 5.10 Å². The number of ether oxygens (including phenoxy) is 1. The van der Waals surface area contributed by atoms with E-state index < -0.39 is 0 Å². The molecular formula is C18H18ClN5OS. The van der Waals surface area contributed by atoms with Crippen LogP contribution in [-0.2, 0) is 4.74 Å². The molecule has 2 N–H and O–H groups in total. The number of hydrazone groups is 1. The van der Waals surface area contributed by atoms with Gasteiger partial charge < -0.3 is 10.5 Å². The first-order valence-corrected chi connectivity index (χ1v) is 9.13. The van der Waals surface area contributed by atoms with Gasteiger partial charge in [0.2, 0.25) is 0 Å². The number of halogens is 1. The van der Waals surface area contributed by atoms with E-state index in [0.29, 0.717) is 19.0 Å². The van der Waals surface area contributed by atoms with Gasteiger partial charge in [-0.25, -0.2) is 4.98 Å². The highest BCUT2D eigenvalue weighted by molar-refractivity contribution is 7.17. The Morgan fingerprint density at radius 1 is 1.12 bits per heavy atom. The SMILES string of the molecule is Cl.N/C(=N\N1CCOCC1)c1ccc2nc3ccc4sccc4n3c2c1. The predicted octanol–water partition coefficient (Wildman–Crippen LogP) is 3.08. The fourth-order valence-corrected chi connectivity index (χ4v) is 4.03. The number of hydrogen-bond donors (Lipinski definition) is 1. The number of hydrogen-bond acceptors (Lipinski definition) is 5. The number of aromatic nitrogens is 2. The van der Waals surface area contributed by atoms with E-state index in [1.165, 1.54) is 10.2 Å². The van der Waals surface area contributed by atoms with Crippen molar-refractivity contribution in [3.8, 4) is 0 Å². The molecule has 1 aliphatic heterocycles. The molecule has 26 heavy (non-hydrogen) atoms. The number of amidine groups is 1. The maximum Gasteiger partial charge on any atom is 0.150 e. The second kappa shape index (κ2) is 6.75. The number of imidazole rings is 1. The van der Waals surface area contributed by atoms with Crippen molar-refractivity contribution in [1.29, 1.82) is 0 Å². The quantitative estimate of drug-likeness (QED) is 0.424. The molecule has 6 nitrogen and oxygen atoms in total. The van der Waals surface area contributed by atoms with Gasteiger partial charge in [0.05, 0.1) is 47.6 Å². The lowest BCUT2D eigenvalue weighted by Crippen LogP contribution is -2.34. The zero-order valence-electron chi connectivity index (χ0n) is 14.0. The van der Waals surface area contributed by atoms with Gasteiger partial charge in [-0.05, 0) is 41.8 Å². The summed E-state index contributed by atoms with van der Waals surface area (Å²) in [6, 6.07) is 12.4. The van der Waals surface area contributed by atoms with Crippen LogP contribution >= 0.6 is 23.7 Å². The molecule has 0 radical (unpaired) electrons. The van der Waals surface area contributed by atoms with E-state index in [4.69, 9.17) is 15.5 Å². The Hall–Kier alpha value is -2.35. The van der Waals surface area contributed by atoms with Gasteiger partial charge in [0.15, 0.2) is 5.84 Å². The predicted molar refractivity (Wildman–Crippen MR) is 108 cm³/mol. The molecule has 1 saturated heterocycles. The van der Waals surface area contributed by atoms with Crippen molar-refractivity contribution in [3.63, 3.8) is 0 Å². The molecule has 0 unspecified atom stereocenters. The topological polar surface area (TPSA) is 68.1 Å². The van der Waals surface area contributed by atoms with Crippen molar-refractivity contribution in [1.82, 2.24) is 14.4 Å². The fourth-order valence-electron chi connectivity index (χ4n) is 3.26. The summed E-state index contributed by atoms with van der Waals surface area (Å²) in [5.41, 5.74) is 11.3. The summed E-state index contributed by atoms with van der Waals surface area (Å²) >= 11 is 1.73. The lowest BCUT2D eigenvalue weighted by molar-refractivity contribution is 0.0393. The minimum absolute atomic E-state index is 0. The van der Waals surface area contributed by atoms with Crippen molar-refractivity contribution in [2.24, 2.45) is 10.8 Å². The van der Waals surface area contributed by atoms with Gasteiger partial charge in [0.1, 0.15) is 5.65 Å². The van der Waals surface area contributed by atoms with Gasteiger partial charge in [-0.3, -0.25) is 9.41 Å². The van der Waals surface area contributed by atoms with Crippen LogP contribution in [0.3, 0.4) is 0 Å². The van der Waals surface area contributed by atoms with Crippen LogP contribution < -0.4 is 5.73 Å². The van der Waals surface area contributed by atoms with Gasteiger partial charge in [-0.15, -0.1) is 23.7 Å². The number of benzene rings is 1. The van der Waals surface area contributed by atoms with Gasteiger partial charge in [0, 0.05) is 5.56 Å². The maximum atomic E-state index is 6.26. The van der Waals surface area contributed by atoms with Crippen LogP contribution in [0, 0.1) is 0 Å². The molecule has 4 aromatic rings. The zero-order chi connectivity index (χ0) is 16.8. The van der Waals surface area contributed by atoms with E-state index in [2.05, 4.69) is 39.1 Å². The second-order valence-corrected chi connectivity index (χ2v) is 7.01. The first-order chi connectivity index (χ1) is 12.3. The Morgan fingerprint density at radius 3 is 2.81 bits per heavy atom. The number of rotatable bonds is 2. The highest BCUT2D eigenvalue weighted by atomic mass is 35.5. The second-order valence-electron chi connectivity index (χ2n) is 6.06. The minimum atomic E-state index is 0. The van der Waals surface area contributed by atoms with E-state index in [9.17, 15) is 0 Å². The monoisotopic (exact) mass is 387 g/mol. The Kier molecular flexibility index (Phi) is 4.44. The number of pyridine rings is 1. The molecule has 0 saturated carbocycles. The lowest BCUT2D eigenvalue weighted by Gasteiger charge is -2.24. The zero-order valence-corrected chi connectivity index (χ0v) is 15.6. The average Bonchev–Trinajstić information content (AvgIpc) is 3.25. The fraction of sp³-hybridized carbons (Fsp3) is 0.222. The summed E-state index contributed by atoms with van der Waals surface area (Å²) < 4.78 is 8.78. The third kappa shape index (κ3) is 2.78. The van der Waals surface area contributed by atoms with Gasteiger partial charge in [-0.1, -0.05) is 0 Å². The summed E-state index contributed by atoms with van der Waals surface area (Å²) in [6.07, 6.45) is 0. The number of fused-ring (bicyclic) bond motifs is 5. The summed E-state index contributed by atoms with van der Waals surface area (Å²) in [5.74, 6) is 0.524. The molecule has 4 heterocycles. The average molecular weight is 388 g/mol. The van der Waals surface area contributed by atoms with Crippen LogP contribution in [-0.4, -0.2) is 46.5 Å². The van der Waals surface area contributed by atoms with E-state index in [-0.39, 0.29) is 12.4 Å². The van der Waals surface area contributed by atoms with Crippen LogP contribution in [0.4, 0.5) is 0 Å². The van der Waals surface area contributed by atoms with Gasteiger partial charge in [0.25, 0.3) is 0 Å². The maximum absolute atomic E-state index is 6.26. The third-order valence-corrected chi connectivity index (χ3v) is 5.38. The Bertz CT molecular complexity index is 1110. The van der Waals surface area contributed by atoms with Crippen molar-refractivity contribution in [3.05, 3.63) is 47.3 Å². The smallest absolute Gasteiger partial charge is 0.150 e. The van der Waals surface area contributed by atoms with Crippen molar-refractivity contribution in [2.75, 3.05) is 26.3 Å². The van der Waals surface area contributed by atoms with E-state index in [1.54, 1.807) is 11.3 Å². The van der Waals surface area contributed by atoms with Crippen LogP contribution in [0.5, 0.6) is 0 Å². The Balaban J connectivity index is 0.00000168. The van der Waals surface area contributed by atoms with Crippen molar-refractivity contribution in [2.45, 2.75) is 0 Å². The number of thiophene rings is 1. The van der Waals surface area contributed by atoms with E-state index >= 15 is 0 Å². The van der Waals surface area contributed by atoms with Crippen LogP contribution in [0.15, 0.2) is 46.9 Å². The molecule has 8 heteroatoms. The lowest BCUT2D eigenvalue weighted by atomic mass is 10.2. The van der Waals surface area contributed by atoms with Crippen LogP contribution in [0.1, 0.15) is 5.56 Å². The molecule has 134 valence electrons. The Morgan fingerprint density at radius 2 is 1.96 bits per heavy atom. The molecule has 3 aromatic heterocycles. The first-order valence-electron chi connectivity index (χ1n) is 8.25. The molecule has 5 rings (SSSR count). The summed E-state index contributed by atoms with van der Waals surface area (Å²) in [7, 11) is 0. The molecule has 0 atom stereocenters. The third-order valence-electron chi connectivity index (χ3n) is 4.51. The highest BCUT2D eigenvalue weighted by Crippen LogP contribution is 2.27. The molecule has 0 spiro atoms. The summed E-state index contributed by atoms with van der Waals surface area (Å²) in [5, 5.41) is 8.62. The number of nitrogens with two attached hydrogens (primary N) is 1. The first kappa shape index (κ1) is 17.1. The van der Waals surface area contributed by atoms with Crippen molar-refractivity contribution >= 4 is 56.5 Å². The minimum Gasteiger partial charge on any atom is -0.382 e.